The normalized spacial score (nSPS) is 15.9. The minimum Gasteiger partial charge on any atom is -0.379 e. The first kappa shape index (κ1) is 17.1. The highest BCUT2D eigenvalue weighted by Crippen LogP contribution is 2.16. The fourth-order valence-corrected chi connectivity index (χ4v) is 2.35. The molecule has 0 atom stereocenters. The van der Waals surface area contributed by atoms with Gasteiger partial charge in [-0.1, -0.05) is 17.7 Å². The number of hydrogen-bond acceptors (Lipinski definition) is 4. The Morgan fingerprint density at radius 3 is 2.95 bits per heavy atom. The second-order valence-electron chi connectivity index (χ2n) is 4.72. The number of benzene rings is 1. The lowest BCUT2D eigenvalue weighted by Gasteiger charge is -2.26. The number of morpholine rings is 1. The Morgan fingerprint density at radius 1 is 1.45 bits per heavy atom. The van der Waals surface area contributed by atoms with E-state index in [9.17, 15) is 4.39 Å². The van der Waals surface area contributed by atoms with Crippen LogP contribution in [0.1, 0.15) is 5.56 Å². The van der Waals surface area contributed by atoms with Crippen LogP contribution in [0.25, 0.3) is 0 Å². The summed E-state index contributed by atoms with van der Waals surface area (Å²) in [4.78, 5) is 2.29. The monoisotopic (exact) mass is 344 g/mol. The highest BCUT2D eigenvalue weighted by molar-refractivity contribution is 7.80. The van der Waals surface area contributed by atoms with Gasteiger partial charge in [-0.3, -0.25) is 10.3 Å². The van der Waals surface area contributed by atoms with Crippen molar-refractivity contribution in [1.82, 2.24) is 15.6 Å². The molecule has 1 aliphatic heterocycles. The summed E-state index contributed by atoms with van der Waals surface area (Å²) in [5.74, 6) is -0.427. The maximum atomic E-state index is 13.5. The van der Waals surface area contributed by atoms with E-state index in [-0.39, 0.29) is 5.56 Å². The van der Waals surface area contributed by atoms with Gasteiger partial charge in [0.2, 0.25) is 0 Å². The van der Waals surface area contributed by atoms with Gasteiger partial charge in [-0.25, -0.2) is 4.39 Å². The van der Waals surface area contributed by atoms with E-state index in [1.165, 1.54) is 12.3 Å². The van der Waals surface area contributed by atoms with E-state index in [4.69, 9.17) is 28.6 Å². The van der Waals surface area contributed by atoms with Gasteiger partial charge in [0.25, 0.3) is 0 Å². The second-order valence-corrected chi connectivity index (χ2v) is 5.53. The fourth-order valence-electron chi connectivity index (χ4n) is 1.98. The average Bonchev–Trinajstić information content (AvgIpc) is 2.51. The van der Waals surface area contributed by atoms with E-state index in [1.54, 1.807) is 12.1 Å². The van der Waals surface area contributed by atoms with Crippen molar-refractivity contribution in [3.8, 4) is 0 Å². The summed E-state index contributed by atoms with van der Waals surface area (Å²) in [5, 5.41) is 7.62. The van der Waals surface area contributed by atoms with Crippen molar-refractivity contribution in [3.05, 3.63) is 34.6 Å². The summed E-state index contributed by atoms with van der Waals surface area (Å²) < 4.78 is 18.8. The Morgan fingerprint density at radius 2 is 2.23 bits per heavy atom. The van der Waals surface area contributed by atoms with Crippen molar-refractivity contribution in [3.63, 3.8) is 0 Å². The molecule has 5 nitrogen and oxygen atoms in total. The maximum absolute atomic E-state index is 13.5. The molecule has 0 unspecified atom stereocenters. The SMILES string of the molecule is Fc1cccc(Cl)c1/C=N/NC(=S)NCCN1CCOCC1. The van der Waals surface area contributed by atoms with Gasteiger partial charge in [0.1, 0.15) is 5.82 Å². The zero-order chi connectivity index (χ0) is 15.8. The second kappa shape index (κ2) is 8.99. The molecule has 1 saturated heterocycles. The lowest BCUT2D eigenvalue weighted by atomic mass is 10.2. The van der Waals surface area contributed by atoms with Crippen LogP contribution in [-0.4, -0.2) is 55.6 Å². The van der Waals surface area contributed by atoms with Crippen LogP contribution in [-0.2, 0) is 4.74 Å². The molecule has 2 rings (SSSR count). The van der Waals surface area contributed by atoms with Gasteiger partial charge < -0.3 is 10.1 Å². The van der Waals surface area contributed by atoms with Crippen LogP contribution in [0, 0.1) is 5.82 Å². The first-order chi connectivity index (χ1) is 10.7. The number of ether oxygens (including phenoxy) is 1. The van der Waals surface area contributed by atoms with Crippen molar-refractivity contribution in [2.45, 2.75) is 0 Å². The molecule has 1 fully saturated rings. The molecule has 0 aromatic heterocycles. The largest absolute Gasteiger partial charge is 0.379 e. The van der Waals surface area contributed by atoms with Crippen LogP contribution in [0.5, 0.6) is 0 Å². The molecular weight excluding hydrogens is 327 g/mol. The van der Waals surface area contributed by atoms with Crippen LogP contribution >= 0.6 is 23.8 Å². The molecule has 0 saturated carbocycles. The Balaban J connectivity index is 1.70. The highest BCUT2D eigenvalue weighted by atomic mass is 35.5. The van der Waals surface area contributed by atoms with Gasteiger partial charge in [0.05, 0.1) is 24.5 Å². The van der Waals surface area contributed by atoms with Crippen molar-refractivity contribution in [2.75, 3.05) is 39.4 Å². The molecule has 0 amide bonds. The first-order valence-corrected chi connectivity index (χ1v) is 7.76. The van der Waals surface area contributed by atoms with E-state index in [2.05, 4.69) is 20.7 Å². The number of hydrogen-bond donors (Lipinski definition) is 2. The average molecular weight is 345 g/mol. The standard InChI is InChI=1S/C14H18ClFN4OS/c15-12-2-1-3-13(16)11(12)10-18-19-14(22)17-4-5-20-6-8-21-9-7-20/h1-3,10H,4-9H2,(H2,17,19,22)/b18-10+. The Labute approximate surface area is 139 Å². The molecule has 2 N–H and O–H groups in total. The molecule has 0 bridgehead atoms. The predicted molar refractivity (Wildman–Crippen MR) is 90.0 cm³/mol. The quantitative estimate of drug-likeness (QED) is 0.483. The van der Waals surface area contributed by atoms with Gasteiger partial charge in [0.15, 0.2) is 5.11 Å². The van der Waals surface area contributed by atoms with Gasteiger partial charge in [-0.05, 0) is 24.4 Å². The summed E-state index contributed by atoms with van der Waals surface area (Å²) in [6, 6.07) is 4.47. The number of hydrazone groups is 1. The fraction of sp³-hybridized carbons (Fsp3) is 0.429. The van der Waals surface area contributed by atoms with E-state index in [0.29, 0.717) is 16.7 Å². The van der Waals surface area contributed by atoms with Gasteiger partial charge in [-0.2, -0.15) is 5.10 Å². The minimum absolute atomic E-state index is 0.229. The lowest BCUT2D eigenvalue weighted by Crippen LogP contribution is -2.42. The van der Waals surface area contributed by atoms with Crippen LogP contribution in [0.15, 0.2) is 23.3 Å². The molecule has 0 radical (unpaired) electrons. The number of rotatable bonds is 5. The Kier molecular flexibility index (Phi) is 6.98. The van der Waals surface area contributed by atoms with Gasteiger partial charge in [0, 0.05) is 31.7 Å². The van der Waals surface area contributed by atoms with Gasteiger partial charge in [-0.15, -0.1) is 0 Å². The summed E-state index contributed by atoms with van der Waals surface area (Å²) in [6.07, 6.45) is 1.31. The predicted octanol–water partition coefficient (Wildman–Crippen LogP) is 1.61. The number of halogens is 2. The minimum atomic E-state index is -0.427. The molecule has 0 spiro atoms. The van der Waals surface area contributed by atoms with E-state index < -0.39 is 5.82 Å². The van der Waals surface area contributed by atoms with Crippen molar-refractivity contribution in [2.24, 2.45) is 5.10 Å². The maximum Gasteiger partial charge on any atom is 0.187 e. The van der Waals surface area contributed by atoms with E-state index >= 15 is 0 Å². The topological polar surface area (TPSA) is 48.9 Å². The summed E-state index contributed by atoms with van der Waals surface area (Å²) in [7, 11) is 0. The summed E-state index contributed by atoms with van der Waals surface area (Å²) >= 11 is 11.0. The molecule has 1 heterocycles. The van der Waals surface area contributed by atoms with Crippen molar-refractivity contribution < 1.29 is 9.13 Å². The third-order valence-corrected chi connectivity index (χ3v) is 3.74. The number of thiocarbonyl (C=S) groups is 1. The Bertz CT molecular complexity index is 517. The first-order valence-electron chi connectivity index (χ1n) is 6.98. The molecule has 1 aliphatic rings. The molecule has 22 heavy (non-hydrogen) atoms. The van der Waals surface area contributed by atoms with Crippen molar-refractivity contribution >= 4 is 35.1 Å². The smallest absolute Gasteiger partial charge is 0.187 e. The zero-order valence-corrected chi connectivity index (χ0v) is 13.6. The number of nitrogens with zero attached hydrogens (tertiary/aromatic N) is 2. The van der Waals surface area contributed by atoms with Crippen LogP contribution < -0.4 is 10.7 Å². The summed E-state index contributed by atoms with van der Waals surface area (Å²) in [5.41, 5.74) is 2.87. The van der Waals surface area contributed by atoms with E-state index in [0.717, 1.165) is 32.8 Å². The highest BCUT2D eigenvalue weighted by Gasteiger charge is 2.09. The zero-order valence-electron chi connectivity index (χ0n) is 12.0. The Hall–Kier alpha value is -1.28. The number of nitrogens with one attached hydrogen (secondary N) is 2. The van der Waals surface area contributed by atoms with Gasteiger partial charge >= 0.3 is 0 Å². The molecule has 0 aliphatic carbocycles. The molecule has 1 aromatic rings. The van der Waals surface area contributed by atoms with E-state index in [1.807, 2.05) is 0 Å². The molecule has 120 valence electrons. The third-order valence-electron chi connectivity index (χ3n) is 3.18. The molecular formula is C14H18ClFN4OS. The van der Waals surface area contributed by atoms with Crippen molar-refractivity contribution in [1.29, 1.82) is 0 Å². The molecule has 1 aromatic carbocycles. The summed E-state index contributed by atoms with van der Waals surface area (Å²) in [6.45, 7) is 5.01. The lowest BCUT2D eigenvalue weighted by molar-refractivity contribution is 0.0389. The van der Waals surface area contributed by atoms with Crippen LogP contribution in [0.2, 0.25) is 5.02 Å². The third kappa shape index (κ3) is 5.49. The van der Waals surface area contributed by atoms with Crippen LogP contribution in [0.4, 0.5) is 4.39 Å². The van der Waals surface area contributed by atoms with Crippen LogP contribution in [0.3, 0.4) is 0 Å². The molecule has 8 heteroatoms.